The van der Waals surface area contributed by atoms with Crippen molar-refractivity contribution in [1.82, 2.24) is 0 Å². The molecular formula is C24H48N2O3. The third kappa shape index (κ3) is 7.15. The van der Waals surface area contributed by atoms with E-state index in [9.17, 15) is 9.59 Å². The summed E-state index contributed by atoms with van der Waals surface area (Å²) in [6.45, 7) is 12.7. The minimum absolute atomic E-state index is 0.0335. The molecule has 0 aromatic carbocycles. The van der Waals surface area contributed by atoms with Gasteiger partial charge in [-0.05, 0) is 38.5 Å². The lowest BCUT2D eigenvalue weighted by Crippen LogP contribution is -2.56. The lowest BCUT2D eigenvalue weighted by Gasteiger charge is -2.49. The summed E-state index contributed by atoms with van der Waals surface area (Å²) in [5.41, 5.74) is 10.4. The average Bonchev–Trinajstić information content (AvgIpc) is 2.76. The van der Waals surface area contributed by atoms with E-state index in [1.54, 1.807) is 0 Å². The van der Waals surface area contributed by atoms with Gasteiger partial charge < -0.3 is 16.2 Å². The molecule has 0 saturated heterocycles. The highest BCUT2D eigenvalue weighted by Gasteiger charge is 2.49. The van der Waals surface area contributed by atoms with Gasteiger partial charge in [0, 0.05) is 11.8 Å². The van der Waals surface area contributed by atoms with Crippen molar-refractivity contribution < 1.29 is 14.3 Å². The van der Waals surface area contributed by atoms with Crippen molar-refractivity contribution in [3.63, 3.8) is 0 Å². The van der Waals surface area contributed by atoms with Gasteiger partial charge in [-0.2, -0.15) is 0 Å². The van der Waals surface area contributed by atoms with E-state index in [1.165, 1.54) is 0 Å². The van der Waals surface area contributed by atoms with Crippen LogP contribution in [0.2, 0.25) is 0 Å². The molecule has 0 saturated carbocycles. The maximum Gasteiger partial charge on any atom is 0.152 e. The Morgan fingerprint density at radius 3 is 1.21 bits per heavy atom. The molecule has 0 aliphatic carbocycles. The summed E-state index contributed by atoms with van der Waals surface area (Å²) in [5.74, 6) is -0.337. The Balaban J connectivity index is 6.27. The van der Waals surface area contributed by atoms with Crippen LogP contribution in [0.5, 0.6) is 0 Å². The molecule has 0 aromatic heterocycles. The van der Waals surface area contributed by atoms with Crippen LogP contribution in [0.15, 0.2) is 0 Å². The van der Waals surface area contributed by atoms with Gasteiger partial charge in [0.1, 0.15) is 0 Å². The van der Waals surface area contributed by atoms with Gasteiger partial charge in [0.15, 0.2) is 11.6 Å². The molecule has 2 atom stereocenters. The van der Waals surface area contributed by atoms with E-state index >= 15 is 0 Å². The van der Waals surface area contributed by atoms with Gasteiger partial charge in [-0.3, -0.25) is 9.59 Å². The molecule has 4 N–H and O–H groups in total. The molecule has 0 spiro atoms. The Morgan fingerprint density at radius 2 is 1.00 bits per heavy atom. The van der Waals surface area contributed by atoms with Crippen molar-refractivity contribution in [1.29, 1.82) is 0 Å². The summed E-state index contributed by atoms with van der Waals surface area (Å²) in [7, 11) is 0. The van der Waals surface area contributed by atoms with E-state index in [4.69, 9.17) is 16.2 Å². The van der Waals surface area contributed by atoms with Crippen LogP contribution < -0.4 is 11.5 Å². The first-order chi connectivity index (χ1) is 13.8. The molecule has 0 aliphatic rings. The topological polar surface area (TPSA) is 95.4 Å². The Hall–Kier alpha value is -0.780. The Kier molecular flexibility index (Phi) is 13.9. The minimum Gasteiger partial charge on any atom is -0.367 e. The van der Waals surface area contributed by atoms with Crippen molar-refractivity contribution in [2.75, 3.05) is 13.1 Å². The highest BCUT2D eigenvalue weighted by atomic mass is 16.5. The number of Topliss-reactive ketones (excluding diaryl/α,β-unsaturated/α-hetero) is 2. The minimum atomic E-state index is -0.600. The summed E-state index contributed by atoms with van der Waals surface area (Å²) in [6, 6.07) is 0. The third-order valence-electron chi connectivity index (χ3n) is 6.94. The molecular weight excluding hydrogens is 364 g/mol. The van der Waals surface area contributed by atoms with E-state index in [1.807, 2.05) is 0 Å². The van der Waals surface area contributed by atoms with E-state index in [0.717, 1.165) is 64.2 Å². The average molecular weight is 413 g/mol. The fourth-order valence-corrected chi connectivity index (χ4v) is 4.86. The van der Waals surface area contributed by atoms with Gasteiger partial charge >= 0.3 is 0 Å². The molecule has 172 valence electrons. The fraction of sp³-hybridized carbons (Fsp3) is 0.917. The van der Waals surface area contributed by atoms with E-state index in [0.29, 0.717) is 0 Å². The maximum atomic E-state index is 12.9. The molecule has 5 heteroatoms. The highest BCUT2D eigenvalue weighted by Crippen LogP contribution is 2.44. The normalized spacial score (nSPS) is 14.6. The second kappa shape index (κ2) is 14.3. The van der Waals surface area contributed by atoms with Crippen molar-refractivity contribution >= 4 is 11.6 Å². The van der Waals surface area contributed by atoms with Gasteiger partial charge in [-0.15, -0.1) is 0 Å². The van der Waals surface area contributed by atoms with Gasteiger partial charge in [0.25, 0.3) is 0 Å². The van der Waals surface area contributed by atoms with Crippen LogP contribution in [0.3, 0.4) is 0 Å². The largest absolute Gasteiger partial charge is 0.367 e. The predicted molar refractivity (Wildman–Crippen MR) is 122 cm³/mol. The summed E-state index contributed by atoms with van der Waals surface area (Å²) >= 11 is 0. The number of carbonyl (C=O) groups is 2. The molecule has 5 nitrogen and oxygen atoms in total. The number of rotatable bonds is 18. The number of carbonyl (C=O) groups excluding carboxylic acids is 2. The first kappa shape index (κ1) is 28.2. The molecule has 0 bridgehead atoms. The summed E-state index contributed by atoms with van der Waals surface area (Å²) in [5, 5.41) is 0. The smallest absolute Gasteiger partial charge is 0.152 e. The van der Waals surface area contributed by atoms with Crippen molar-refractivity contribution in [2.45, 2.75) is 117 Å². The molecule has 0 amide bonds. The van der Waals surface area contributed by atoms with Crippen molar-refractivity contribution in [2.24, 2.45) is 23.3 Å². The van der Waals surface area contributed by atoms with Gasteiger partial charge in [0.05, 0.1) is 24.3 Å². The van der Waals surface area contributed by atoms with Crippen LogP contribution in [-0.2, 0) is 14.3 Å². The van der Waals surface area contributed by atoms with Gasteiger partial charge in [-0.1, -0.05) is 67.2 Å². The molecule has 0 heterocycles. The number of nitrogens with two attached hydrogens (primary N) is 2. The number of ether oxygens (including phenoxy) is 1. The van der Waals surface area contributed by atoms with Crippen molar-refractivity contribution in [3.8, 4) is 0 Å². The molecule has 29 heavy (non-hydrogen) atoms. The fourth-order valence-electron chi connectivity index (χ4n) is 4.86. The zero-order chi connectivity index (χ0) is 22.5. The standard InChI is InChI=1S/C24H48N2O3/c1-7-13-15-19(21(27)17-25)23(9-3,10-4)29-24(11-5,12-6)20(16-14-8-2)22(28)18-26/h19-20H,7-18,25-26H2,1-6H3. The van der Waals surface area contributed by atoms with Crippen LogP contribution in [0.4, 0.5) is 0 Å². The molecule has 0 rings (SSSR count). The second-order valence-corrected chi connectivity index (χ2v) is 8.38. The first-order valence-corrected chi connectivity index (χ1v) is 12.0. The summed E-state index contributed by atoms with van der Waals surface area (Å²) in [6.07, 6.45) is 8.44. The summed E-state index contributed by atoms with van der Waals surface area (Å²) < 4.78 is 7.03. The van der Waals surface area contributed by atoms with Gasteiger partial charge in [0.2, 0.25) is 0 Å². The van der Waals surface area contributed by atoms with Crippen LogP contribution in [0.25, 0.3) is 0 Å². The molecule has 0 aliphatic heterocycles. The lowest BCUT2D eigenvalue weighted by atomic mass is 9.72. The second-order valence-electron chi connectivity index (χ2n) is 8.38. The number of hydrogen-bond acceptors (Lipinski definition) is 5. The third-order valence-corrected chi connectivity index (χ3v) is 6.94. The van der Waals surface area contributed by atoms with E-state index in [2.05, 4.69) is 41.5 Å². The lowest BCUT2D eigenvalue weighted by molar-refractivity contribution is -0.212. The zero-order valence-electron chi connectivity index (χ0n) is 20.0. The van der Waals surface area contributed by atoms with Crippen molar-refractivity contribution in [3.05, 3.63) is 0 Å². The predicted octanol–water partition coefficient (Wildman–Crippen LogP) is 4.79. The van der Waals surface area contributed by atoms with Crippen LogP contribution in [0, 0.1) is 11.8 Å². The maximum absolute atomic E-state index is 12.9. The number of ketones is 2. The Labute approximate surface area is 179 Å². The Morgan fingerprint density at radius 1 is 0.690 bits per heavy atom. The zero-order valence-corrected chi connectivity index (χ0v) is 20.0. The van der Waals surface area contributed by atoms with E-state index < -0.39 is 11.2 Å². The van der Waals surface area contributed by atoms with Crippen LogP contribution in [0.1, 0.15) is 106 Å². The quantitative estimate of drug-likeness (QED) is 0.337. The summed E-state index contributed by atoms with van der Waals surface area (Å²) in [4.78, 5) is 25.8. The van der Waals surface area contributed by atoms with E-state index in [-0.39, 0.29) is 36.5 Å². The SMILES string of the molecule is CCCCC(C(=O)CN)C(CC)(CC)OC(CC)(CC)C(CCCC)C(=O)CN. The monoisotopic (exact) mass is 412 g/mol. The number of unbranched alkanes of at least 4 members (excludes halogenated alkanes) is 2. The molecule has 0 fully saturated rings. The number of hydrogen-bond donors (Lipinski definition) is 2. The van der Waals surface area contributed by atoms with Crippen LogP contribution >= 0.6 is 0 Å². The van der Waals surface area contributed by atoms with Crippen LogP contribution in [-0.4, -0.2) is 35.9 Å². The molecule has 2 unspecified atom stereocenters. The molecule has 0 radical (unpaired) electrons. The first-order valence-electron chi connectivity index (χ1n) is 12.0. The molecule has 0 aromatic rings. The van der Waals surface area contributed by atoms with Gasteiger partial charge in [-0.25, -0.2) is 0 Å². The highest BCUT2D eigenvalue weighted by molar-refractivity contribution is 5.84. The Bertz CT molecular complexity index is 429.